The number of sulfonamides is 1. The van der Waals surface area contributed by atoms with Crippen molar-refractivity contribution in [2.24, 2.45) is 11.8 Å². The van der Waals surface area contributed by atoms with Crippen molar-refractivity contribution in [2.45, 2.75) is 30.6 Å². The number of ether oxygens (including phenoxy) is 1. The zero-order valence-electron chi connectivity index (χ0n) is 21.7. The van der Waals surface area contributed by atoms with Gasteiger partial charge < -0.3 is 15.4 Å². The fourth-order valence-corrected chi connectivity index (χ4v) is 8.40. The number of aromatic nitrogens is 2. The van der Waals surface area contributed by atoms with E-state index in [1.165, 1.54) is 6.07 Å². The zero-order valence-corrected chi connectivity index (χ0v) is 24.8. The van der Waals surface area contributed by atoms with Gasteiger partial charge in [-0.2, -0.15) is 4.98 Å². The minimum atomic E-state index is -3.66. The largest absolute Gasteiger partial charge is 0.379 e. The molecule has 1 saturated carbocycles. The van der Waals surface area contributed by atoms with E-state index in [0.29, 0.717) is 28.7 Å². The topological polar surface area (TPSA) is 108 Å². The molecule has 0 bridgehead atoms. The maximum Gasteiger partial charge on any atom is 0.242 e. The number of anilines is 2. The number of nitrogens with zero attached hydrogens (tertiary/aromatic N) is 3. The molecule has 9 nitrogen and oxygen atoms in total. The van der Waals surface area contributed by atoms with Crippen LogP contribution in [0.3, 0.4) is 0 Å². The molecule has 39 heavy (non-hydrogen) atoms. The monoisotopic (exact) mass is 612 g/mol. The van der Waals surface area contributed by atoms with E-state index in [9.17, 15) is 8.42 Å². The number of fused-ring (bicyclic) bond motifs is 1. The molecule has 3 N–H and O–H groups in total. The van der Waals surface area contributed by atoms with Crippen molar-refractivity contribution in [3.05, 3.63) is 39.0 Å². The summed E-state index contributed by atoms with van der Waals surface area (Å²) in [6, 6.07) is 9.46. The Morgan fingerprint density at radius 1 is 1.00 bits per heavy atom. The quantitative estimate of drug-likeness (QED) is 0.279. The molecule has 0 unspecified atom stereocenters. The smallest absolute Gasteiger partial charge is 0.242 e. The van der Waals surface area contributed by atoms with Crippen molar-refractivity contribution in [2.75, 3.05) is 63.1 Å². The summed E-state index contributed by atoms with van der Waals surface area (Å²) in [5.74, 6) is 2.25. The summed E-state index contributed by atoms with van der Waals surface area (Å²) < 4.78 is 33.9. The number of morpholine rings is 1. The second-order valence-electron chi connectivity index (χ2n) is 10.1. The van der Waals surface area contributed by atoms with Crippen molar-refractivity contribution in [1.82, 2.24) is 19.6 Å². The van der Waals surface area contributed by atoms with Gasteiger partial charge in [-0.25, -0.2) is 18.1 Å². The van der Waals surface area contributed by atoms with Crippen molar-refractivity contribution >= 4 is 67.2 Å². The second kappa shape index (κ2) is 13.3. The highest BCUT2D eigenvalue weighted by Gasteiger charge is 2.25. The molecular formula is C26H34Cl2N6O3S2. The molecule has 1 aliphatic heterocycles. The molecular weight excluding hydrogens is 579 g/mol. The molecule has 0 spiro atoms. The first kappa shape index (κ1) is 28.8. The fourth-order valence-electron chi connectivity index (χ4n) is 5.14. The van der Waals surface area contributed by atoms with Crippen LogP contribution in [-0.2, 0) is 14.8 Å². The van der Waals surface area contributed by atoms with Crippen LogP contribution in [0.2, 0.25) is 8.67 Å². The molecule has 0 atom stereocenters. The number of thiophene rings is 1. The summed E-state index contributed by atoms with van der Waals surface area (Å²) >= 11 is 13.0. The van der Waals surface area contributed by atoms with E-state index in [1.807, 2.05) is 24.3 Å². The van der Waals surface area contributed by atoms with Crippen molar-refractivity contribution < 1.29 is 13.2 Å². The van der Waals surface area contributed by atoms with Crippen LogP contribution in [0.4, 0.5) is 11.8 Å². The van der Waals surface area contributed by atoms with Gasteiger partial charge in [-0.15, -0.1) is 11.3 Å². The Morgan fingerprint density at radius 2 is 1.72 bits per heavy atom. The summed E-state index contributed by atoms with van der Waals surface area (Å²) in [6.45, 7) is 6.45. The predicted octanol–water partition coefficient (Wildman–Crippen LogP) is 4.94. The second-order valence-corrected chi connectivity index (χ2v) is 14.1. The van der Waals surface area contributed by atoms with Gasteiger partial charge in [0.25, 0.3) is 0 Å². The summed E-state index contributed by atoms with van der Waals surface area (Å²) in [5.41, 5.74) is 0.909. The molecule has 212 valence electrons. The Bertz CT molecular complexity index is 1360. The predicted molar refractivity (Wildman–Crippen MR) is 159 cm³/mol. The first-order chi connectivity index (χ1) is 18.9. The summed E-state index contributed by atoms with van der Waals surface area (Å²) in [5, 5.41) is 7.99. The number of nitrogens with one attached hydrogen (secondary N) is 3. The van der Waals surface area contributed by atoms with Gasteiger partial charge in [0.05, 0.1) is 23.1 Å². The zero-order chi connectivity index (χ0) is 27.2. The Hall–Kier alpha value is -1.73. The first-order valence-electron chi connectivity index (χ1n) is 13.4. The average Bonchev–Trinajstić information content (AvgIpc) is 3.30. The van der Waals surface area contributed by atoms with Crippen LogP contribution in [0.1, 0.15) is 25.7 Å². The first-order valence-corrected chi connectivity index (χ1v) is 16.4. The van der Waals surface area contributed by atoms with E-state index in [2.05, 4.69) is 20.3 Å². The third-order valence-corrected chi connectivity index (χ3v) is 10.6. The molecule has 2 aromatic heterocycles. The van der Waals surface area contributed by atoms with Crippen molar-refractivity contribution in [1.29, 1.82) is 0 Å². The molecule has 0 radical (unpaired) electrons. The lowest BCUT2D eigenvalue weighted by molar-refractivity contribution is 0.0398. The maximum atomic E-state index is 12.6. The minimum absolute atomic E-state index is 0.0578. The van der Waals surface area contributed by atoms with Crippen LogP contribution < -0.4 is 15.4 Å². The molecule has 2 fully saturated rings. The van der Waals surface area contributed by atoms with Crippen LogP contribution >= 0.6 is 34.5 Å². The highest BCUT2D eigenvalue weighted by atomic mass is 35.5. The van der Waals surface area contributed by atoms with E-state index in [-0.39, 0.29) is 9.23 Å². The third kappa shape index (κ3) is 7.72. The van der Waals surface area contributed by atoms with Gasteiger partial charge in [-0.05, 0) is 55.7 Å². The van der Waals surface area contributed by atoms with Crippen molar-refractivity contribution in [3.63, 3.8) is 0 Å². The molecule has 2 aliphatic rings. The van der Waals surface area contributed by atoms with E-state index in [0.717, 1.165) is 99.7 Å². The Morgan fingerprint density at radius 3 is 2.44 bits per heavy atom. The van der Waals surface area contributed by atoms with Gasteiger partial charge in [0, 0.05) is 44.7 Å². The average molecular weight is 614 g/mol. The molecule has 5 rings (SSSR count). The van der Waals surface area contributed by atoms with Crippen LogP contribution in [0.15, 0.2) is 35.2 Å². The highest BCUT2D eigenvalue weighted by Crippen LogP contribution is 2.35. The van der Waals surface area contributed by atoms with E-state index in [1.54, 1.807) is 0 Å². The molecule has 1 aromatic carbocycles. The number of halogens is 2. The number of benzene rings is 1. The van der Waals surface area contributed by atoms with Crippen LogP contribution in [0.25, 0.3) is 10.9 Å². The van der Waals surface area contributed by atoms with Crippen molar-refractivity contribution in [3.8, 4) is 0 Å². The van der Waals surface area contributed by atoms with Crippen LogP contribution in [-0.4, -0.2) is 75.8 Å². The Balaban J connectivity index is 1.11. The van der Waals surface area contributed by atoms with E-state index in [4.69, 9.17) is 37.9 Å². The maximum absolute atomic E-state index is 12.6. The van der Waals surface area contributed by atoms with Gasteiger partial charge in [0.2, 0.25) is 16.0 Å². The fraction of sp³-hybridized carbons (Fsp3) is 0.538. The number of para-hydroxylation sites is 1. The SMILES string of the molecule is O=S(=O)(NCC1CCC(CNc2nc(NCCN3CCOCC3)c3ccccc3n2)CC1)c1cc(Cl)sc1Cl. The van der Waals surface area contributed by atoms with E-state index >= 15 is 0 Å². The summed E-state index contributed by atoms with van der Waals surface area (Å²) in [6.07, 6.45) is 3.95. The Kier molecular flexibility index (Phi) is 9.81. The molecule has 1 aliphatic carbocycles. The van der Waals surface area contributed by atoms with E-state index < -0.39 is 10.0 Å². The molecule has 3 heterocycles. The Labute approximate surface area is 243 Å². The van der Waals surface area contributed by atoms with Crippen LogP contribution in [0, 0.1) is 11.8 Å². The van der Waals surface area contributed by atoms with Gasteiger partial charge in [0.15, 0.2) is 0 Å². The number of hydrogen-bond donors (Lipinski definition) is 3. The summed E-state index contributed by atoms with van der Waals surface area (Å²) in [7, 11) is -3.66. The van der Waals surface area contributed by atoms with Gasteiger partial charge >= 0.3 is 0 Å². The number of rotatable bonds is 11. The van der Waals surface area contributed by atoms with Gasteiger partial charge in [-0.3, -0.25) is 4.90 Å². The molecule has 13 heteroatoms. The standard InChI is InChI=1S/C26H34Cl2N6O3S2/c27-23-15-22(24(28)38-23)39(35,36)31-17-19-7-5-18(6-8-19)16-30-26-32-21-4-2-1-3-20(21)25(33-26)29-9-10-34-11-13-37-14-12-34/h1-4,15,18-19,31H,5-14,16-17H2,(H2,29,30,32,33). The highest BCUT2D eigenvalue weighted by molar-refractivity contribution is 7.89. The molecule has 0 amide bonds. The molecule has 3 aromatic rings. The number of hydrogen-bond acceptors (Lipinski definition) is 9. The lowest BCUT2D eigenvalue weighted by Gasteiger charge is -2.28. The lowest BCUT2D eigenvalue weighted by atomic mass is 9.82. The summed E-state index contributed by atoms with van der Waals surface area (Å²) in [4.78, 5) is 12.0. The van der Waals surface area contributed by atoms with Gasteiger partial charge in [-0.1, -0.05) is 35.3 Å². The normalized spacial score (nSPS) is 20.8. The third-order valence-electron chi connectivity index (χ3n) is 7.42. The lowest BCUT2D eigenvalue weighted by Crippen LogP contribution is -2.39. The minimum Gasteiger partial charge on any atom is -0.379 e. The van der Waals surface area contributed by atoms with Crippen LogP contribution in [0.5, 0.6) is 0 Å². The van der Waals surface area contributed by atoms with Gasteiger partial charge in [0.1, 0.15) is 15.0 Å². The molecule has 1 saturated heterocycles.